The van der Waals surface area contributed by atoms with Crippen LogP contribution in [0.4, 0.5) is 5.69 Å². The number of rotatable bonds is 9. The summed E-state index contributed by atoms with van der Waals surface area (Å²) in [4.78, 5) is 26.3. The van der Waals surface area contributed by atoms with E-state index in [9.17, 15) is 14.9 Å². The van der Waals surface area contributed by atoms with Gasteiger partial charge in [-0.1, -0.05) is 29.8 Å². The summed E-state index contributed by atoms with van der Waals surface area (Å²) in [7, 11) is 3.61. The van der Waals surface area contributed by atoms with Crippen molar-refractivity contribution in [3.63, 3.8) is 0 Å². The Bertz CT molecular complexity index is 1980. The van der Waals surface area contributed by atoms with E-state index >= 15 is 0 Å². The van der Waals surface area contributed by atoms with E-state index in [1.165, 1.54) is 12.1 Å². The zero-order valence-corrected chi connectivity index (χ0v) is 25.8. The maximum atomic E-state index is 13.7. The molecule has 2 aromatic carbocycles. The van der Waals surface area contributed by atoms with Gasteiger partial charge in [-0.25, -0.2) is 0 Å². The van der Waals surface area contributed by atoms with Crippen molar-refractivity contribution >= 4 is 45.4 Å². The maximum Gasteiger partial charge on any atom is 0.248 e. The number of fused-ring (bicyclic) bond motifs is 2. The van der Waals surface area contributed by atoms with Crippen LogP contribution >= 0.6 is 11.6 Å². The number of pyridine rings is 1. The Morgan fingerprint density at radius 2 is 1.93 bits per heavy atom. The van der Waals surface area contributed by atoms with Gasteiger partial charge in [0.25, 0.3) is 0 Å². The zero-order chi connectivity index (χ0) is 31.5. The first-order chi connectivity index (χ1) is 21.9. The number of amides is 1. The highest BCUT2D eigenvalue weighted by molar-refractivity contribution is 6.38. The summed E-state index contributed by atoms with van der Waals surface area (Å²) in [6, 6.07) is 18.6. The number of nitriles is 1. The van der Waals surface area contributed by atoms with Crippen molar-refractivity contribution in [3.05, 3.63) is 101 Å². The van der Waals surface area contributed by atoms with Gasteiger partial charge in [-0.3, -0.25) is 14.3 Å². The molecule has 1 fully saturated rings. The van der Waals surface area contributed by atoms with Gasteiger partial charge < -0.3 is 19.8 Å². The molecule has 1 aliphatic rings. The number of aromatic nitrogens is 3. The van der Waals surface area contributed by atoms with Gasteiger partial charge in [-0.2, -0.15) is 10.4 Å². The standard InChI is InChI=1S/C35H33ClN6O3/c1-41-21-28-30(40-41)14-12-27(34(28)36)26-5-4-18-42-31(26)15-16-32(42)35(44)22-7-13-29(23(19-22)20-37)39-33(43)6-3-17-38-24-8-10-25(45-2)11-9-24/h3-7,12-16,18-19,21,24-25,38H,8-11,17H2,1-2H3,(H,39,43)/b6-3+/t24-,25-. The lowest BCUT2D eigenvalue weighted by atomic mass is 9.93. The molecule has 0 saturated heterocycles. The van der Waals surface area contributed by atoms with Crippen LogP contribution in [-0.2, 0) is 16.6 Å². The Morgan fingerprint density at radius 3 is 2.71 bits per heavy atom. The molecular formula is C35H33ClN6O3. The zero-order valence-electron chi connectivity index (χ0n) is 25.1. The first-order valence-electron chi connectivity index (χ1n) is 14.9. The lowest BCUT2D eigenvalue weighted by Gasteiger charge is -2.27. The van der Waals surface area contributed by atoms with Crippen LogP contribution in [0, 0.1) is 11.3 Å². The van der Waals surface area contributed by atoms with Crippen molar-refractivity contribution in [2.75, 3.05) is 19.0 Å². The maximum absolute atomic E-state index is 13.7. The van der Waals surface area contributed by atoms with E-state index in [1.54, 1.807) is 36.1 Å². The SMILES string of the molecule is CO[C@H]1CC[C@H](NC/C=C/C(=O)Nc2ccc(C(=O)c3ccc4c(-c5ccc6nn(C)cc6c5Cl)cccn34)cc2C#N)CC1. The predicted octanol–water partition coefficient (Wildman–Crippen LogP) is 6.29. The number of nitrogens with one attached hydrogen (secondary N) is 2. The fraction of sp³-hybridized carbons (Fsp3) is 0.257. The molecule has 0 unspecified atom stereocenters. The van der Waals surface area contributed by atoms with Crippen LogP contribution in [0.15, 0.2) is 79.1 Å². The first-order valence-corrected chi connectivity index (χ1v) is 15.3. The Morgan fingerprint density at radius 1 is 1.11 bits per heavy atom. The number of carbonyl (C=O) groups excluding carboxylic acids is 2. The fourth-order valence-electron chi connectivity index (χ4n) is 6.05. The Balaban J connectivity index is 1.16. The molecule has 3 aromatic heterocycles. The van der Waals surface area contributed by atoms with Gasteiger partial charge >= 0.3 is 0 Å². The van der Waals surface area contributed by atoms with Gasteiger partial charge in [-0.05, 0) is 68.1 Å². The average molecular weight is 621 g/mol. The number of methoxy groups -OCH3 is 1. The smallest absolute Gasteiger partial charge is 0.248 e. The average Bonchev–Trinajstić information content (AvgIpc) is 3.67. The van der Waals surface area contributed by atoms with Crippen LogP contribution in [0.3, 0.4) is 0 Å². The van der Waals surface area contributed by atoms with Crippen molar-refractivity contribution in [2.24, 2.45) is 7.05 Å². The van der Waals surface area contributed by atoms with E-state index < -0.39 is 0 Å². The van der Waals surface area contributed by atoms with Crippen molar-refractivity contribution in [3.8, 4) is 17.2 Å². The highest BCUT2D eigenvalue weighted by Crippen LogP contribution is 2.36. The molecule has 0 bridgehead atoms. The normalized spacial score (nSPS) is 16.8. The van der Waals surface area contributed by atoms with E-state index in [2.05, 4.69) is 21.8 Å². The van der Waals surface area contributed by atoms with E-state index in [-0.39, 0.29) is 17.3 Å². The number of nitrogens with zero attached hydrogens (tertiary/aromatic N) is 4. The summed E-state index contributed by atoms with van der Waals surface area (Å²) in [6.45, 7) is 0.575. The lowest BCUT2D eigenvalue weighted by Crippen LogP contribution is -2.35. The van der Waals surface area contributed by atoms with Crippen molar-refractivity contribution < 1.29 is 14.3 Å². The third-order valence-electron chi connectivity index (χ3n) is 8.41. The van der Waals surface area contributed by atoms with Crippen LogP contribution in [0.5, 0.6) is 0 Å². The molecule has 9 nitrogen and oxygen atoms in total. The number of anilines is 1. The molecule has 0 aliphatic heterocycles. The number of carbonyl (C=O) groups is 2. The number of hydrogen-bond donors (Lipinski definition) is 2. The van der Waals surface area contributed by atoms with Gasteiger partial charge in [0.15, 0.2) is 0 Å². The molecule has 6 rings (SSSR count). The topological polar surface area (TPSA) is 113 Å². The molecule has 10 heteroatoms. The first kappa shape index (κ1) is 30.3. The largest absolute Gasteiger partial charge is 0.381 e. The highest BCUT2D eigenvalue weighted by atomic mass is 35.5. The van der Waals surface area contributed by atoms with Crippen LogP contribution < -0.4 is 10.6 Å². The summed E-state index contributed by atoms with van der Waals surface area (Å²) >= 11 is 6.81. The highest BCUT2D eigenvalue weighted by Gasteiger charge is 2.21. The molecule has 1 saturated carbocycles. The molecule has 3 heterocycles. The second-order valence-corrected chi connectivity index (χ2v) is 11.6. The summed E-state index contributed by atoms with van der Waals surface area (Å²) in [5.74, 6) is -0.593. The van der Waals surface area contributed by atoms with Gasteiger partial charge in [0.05, 0.1) is 39.1 Å². The van der Waals surface area contributed by atoms with E-state index in [4.69, 9.17) is 16.3 Å². The van der Waals surface area contributed by atoms with Crippen LogP contribution in [-0.4, -0.2) is 51.7 Å². The minimum absolute atomic E-state index is 0.203. The number of halogens is 1. The second kappa shape index (κ2) is 13.1. The molecule has 0 atom stereocenters. The van der Waals surface area contributed by atoms with Gasteiger partial charge in [-0.15, -0.1) is 0 Å². The van der Waals surface area contributed by atoms with E-state index in [1.807, 2.05) is 54.2 Å². The molecule has 0 radical (unpaired) electrons. The summed E-state index contributed by atoms with van der Waals surface area (Å²) in [6.07, 6.45) is 11.5. The molecule has 0 spiro atoms. The van der Waals surface area contributed by atoms with Crippen molar-refractivity contribution in [2.45, 2.75) is 37.8 Å². The molecule has 5 aromatic rings. The van der Waals surface area contributed by atoms with Gasteiger partial charge in [0, 0.05) is 67.3 Å². The molecule has 45 heavy (non-hydrogen) atoms. The van der Waals surface area contributed by atoms with Crippen LogP contribution in [0.25, 0.3) is 27.5 Å². The third kappa shape index (κ3) is 6.26. The minimum atomic E-state index is -0.344. The number of ether oxygens (including phenoxy) is 1. The summed E-state index contributed by atoms with van der Waals surface area (Å²) < 4.78 is 8.97. The van der Waals surface area contributed by atoms with Crippen LogP contribution in [0.1, 0.15) is 47.3 Å². The van der Waals surface area contributed by atoms with Gasteiger partial charge in [0.2, 0.25) is 11.7 Å². The van der Waals surface area contributed by atoms with E-state index in [0.717, 1.165) is 53.2 Å². The summed E-state index contributed by atoms with van der Waals surface area (Å²) in [5.41, 5.74) is 4.67. The molecule has 2 N–H and O–H groups in total. The van der Waals surface area contributed by atoms with Crippen molar-refractivity contribution in [1.82, 2.24) is 19.5 Å². The molecular weight excluding hydrogens is 588 g/mol. The summed E-state index contributed by atoms with van der Waals surface area (Å²) in [5, 5.41) is 21.9. The van der Waals surface area contributed by atoms with Crippen molar-refractivity contribution in [1.29, 1.82) is 5.26 Å². The predicted molar refractivity (Wildman–Crippen MR) is 176 cm³/mol. The molecule has 1 amide bonds. The Hall–Kier alpha value is -4.75. The second-order valence-electron chi connectivity index (χ2n) is 11.3. The van der Waals surface area contributed by atoms with Gasteiger partial charge in [0.1, 0.15) is 6.07 Å². The molecule has 1 aliphatic carbocycles. The number of benzene rings is 2. The quantitative estimate of drug-likeness (QED) is 0.148. The fourth-order valence-corrected chi connectivity index (χ4v) is 6.36. The number of aryl methyl sites for hydroxylation is 1. The lowest BCUT2D eigenvalue weighted by molar-refractivity contribution is -0.111. The monoisotopic (exact) mass is 620 g/mol. The van der Waals surface area contributed by atoms with E-state index in [0.29, 0.717) is 40.7 Å². The minimum Gasteiger partial charge on any atom is -0.381 e. The van der Waals surface area contributed by atoms with Crippen LogP contribution in [0.2, 0.25) is 5.02 Å². The molecule has 228 valence electrons. The number of hydrogen-bond acceptors (Lipinski definition) is 6. The Labute approximate surface area is 266 Å². The number of ketones is 1. The third-order valence-corrected chi connectivity index (χ3v) is 8.82. The Kier molecular flexibility index (Phi) is 8.80.